The number of para-hydroxylation sites is 1. The molecule has 2 heterocycles. The van der Waals surface area contributed by atoms with Gasteiger partial charge in [0.25, 0.3) is 0 Å². The standard InChI is InChI=1S/C29H28N6O5/c1-16(30-2)26(36)31-22-12-9-17-6-4-5-7-23(17)35(29(22)39)15-21-20-11-8-19(14-18(20)10-13-24(21)40-3)25-32-27(37)28(38)34-33-25/h4-8,10-11,13-14,16,22,30H,9,12,15H2,1-3H3,(H,31,36)/t16-,22-/m0/s1. The van der Waals surface area contributed by atoms with E-state index < -0.39 is 23.9 Å². The molecule has 5 rings (SSSR count). The number of fused-ring (bicyclic) bond motifs is 2. The Morgan fingerprint density at radius 2 is 1.88 bits per heavy atom. The Morgan fingerprint density at radius 1 is 1.07 bits per heavy atom. The second kappa shape index (κ2) is 11.1. The number of hydrogen-bond donors (Lipinski definition) is 2. The van der Waals surface area contributed by atoms with E-state index in [9.17, 15) is 19.2 Å². The molecule has 0 saturated carbocycles. The van der Waals surface area contributed by atoms with Gasteiger partial charge in [0, 0.05) is 16.8 Å². The first-order valence-electron chi connectivity index (χ1n) is 12.9. The molecule has 0 spiro atoms. The number of likely N-dealkylation sites (N-methyl/N-ethyl adjacent to an activating group) is 1. The molecule has 2 aliphatic heterocycles. The number of azo groups is 1. The molecular weight excluding hydrogens is 512 g/mol. The van der Waals surface area contributed by atoms with Gasteiger partial charge in [-0.2, -0.15) is 4.99 Å². The number of carbonyl (C=O) groups is 4. The lowest BCUT2D eigenvalue weighted by Crippen LogP contribution is -2.52. The van der Waals surface area contributed by atoms with Crippen LogP contribution in [0.5, 0.6) is 5.75 Å². The summed E-state index contributed by atoms with van der Waals surface area (Å²) in [6.07, 6.45) is 1.10. The Balaban J connectivity index is 1.55. The normalized spacial score (nSPS) is 17.8. The van der Waals surface area contributed by atoms with Gasteiger partial charge in [-0.1, -0.05) is 41.5 Å². The van der Waals surface area contributed by atoms with Crippen molar-refractivity contribution < 1.29 is 23.9 Å². The summed E-state index contributed by atoms with van der Waals surface area (Å²) in [6.45, 7) is 1.93. The summed E-state index contributed by atoms with van der Waals surface area (Å²) < 4.78 is 5.70. The largest absolute Gasteiger partial charge is 0.496 e. The first-order chi connectivity index (χ1) is 19.3. The third kappa shape index (κ3) is 5.10. The molecule has 11 nitrogen and oxygen atoms in total. The third-order valence-electron chi connectivity index (χ3n) is 7.20. The van der Waals surface area contributed by atoms with Crippen LogP contribution in [0.2, 0.25) is 0 Å². The summed E-state index contributed by atoms with van der Waals surface area (Å²) >= 11 is 0. The predicted octanol–water partition coefficient (Wildman–Crippen LogP) is 2.69. The second-order valence-corrected chi connectivity index (χ2v) is 9.59. The number of carbonyl (C=O) groups excluding carboxylic acids is 4. The fourth-order valence-electron chi connectivity index (χ4n) is 4.89. The van der Waals surface area contributed by atoms with Gasteiger partial charge in [-0.3, -0.25) is 19.2 Å². The Kier molecular flexibility index (Phi) is 7.47. The average Bonchev–Trinajstić information content (AvgIpc) is 3.10. The van der Waals surface area contributed by atoms with E-state index in [-0.39, 0.29) is 24.2 Å². The van der Waals surface area contributed by atoms with Crippen molar-refractivity contribution in [2.75, 3.05) is 19.1 Å². The molecular formula is C29H28N6O5. The molecule has 40 heavy (non-hydrogen) atoms. The molecule has 0 aliphatic carbocycles. The molecule has 0 fully saturated rings. The van der Waals surface area contributed by atoms with Gasteiger partial charge in [-0.15, -0.1) is 5.11 Å². The maximum atomic E-state index is 14.0. The zero-order chi connectivity index (χ0) is 28.4. The van der Waals surface area contributed by atoms with Crippen molar-refractivity contribution in [3.8, 4) is 5.75 Å². The van der Waals surface area contributed by atoms with Crippen molar-refractivity contribution in [2.45, 2.75) is 38.4 Å². The number of rotatable bonds is 7. The minimum absolute atomic E-state index is 0.0508. The molecule has 4 amide bonds. The topological polar surface area (TPSA) is 142 Å². The highest BCUT2D eigenvalue weighted by Gasteiger charge is 2.33. The van der Waals surface area contributed by atoms with E-state index in [1.165, 1.54) is 0 Å². The smallest absolute Gasteiger partial charge is 0.355 e. The number of methoxy groups -OCH3 is 1. The van der Waals surface area contributed by atoms with Crippen LogP contribution >= 0.6 is 0 Å². The molecule has 3 aromatic rings. The lowest BCUT2D eigenvalue weighted by atomic mass is 9.99. The molecule has 2 N–H and O–H groups in total. The molecule has 0 aromatic heterocycles. The minimum atomic E-state index is -1.01. The number of aryl methyl sites for hydroxylation is 1. The molecule has 0 unspecified atom stereocenters. The maximum Gasteiger partial charge on any atom is 0.355 e. The van der Waals surface area contributed by atoms with Gasteiger partial charge in [0.2, 0.25) is 11.8 Å². The molecule has 0 radical (unpaired) electrons. The van der Waals surface area contributed by atoms with Gasteiger partial charge in [0.1, 0.15) is 11.8 Å². The van der Waals surface area contributed by atoms with Crippen molar-refractivity contribution >= 4 is 45.9 Å². The van der Waals surface area contributed by atoms with E-state index >= 15 is 0 Å². The first-order valence-corrected chi connectivity index (χ1v) is 12.9. The summed E-state index contributed by atoms with van der Waals surface area (Å²) in [5.41, 5.74) is 3.08. The number of nitrogens with one attached hydrogen (secondary N) is 2. The van der Waals surface area contributed by atoms with E-state index in [0.29, 0.717) is 24.2 Å². The quantitative estimate of drug-likeness (QED) is 0.442. The SMILES string of the molecule is CN[C@@H](C)C(=O)N[C@H]1CCc2ccccc2N(Cc2c(OC)ccc3cc(C4=NC(=O)C(=O)N=N4)ccc23)C1=O. The fourth-order valence-corrected chi connectivity index (χ4v) is 4.89. The van der Waals surface area contributed by atoms with Gasteiger partial charge < -0.3 is 20.3 Å². The average molecular weight is 541 g/mol. The van der Waals surface area contributed by atoms with Crippen LogP contribution in [0.3, 0.4) is 0 Å². The number of nitrogens with zero attached hydrogens (tertiary/aromatic N) is 4. The molecule has 2 aliphatic rings. The van der Waals surface area contributed by atoms with Gasteiger partial charge >= 0.3 is 11.8 Å². The number of anilines is 1. The van der Waals surface area contributed by atoms with Crippen molar-refractivity contribution in [1.82, 2.24) is 10.6 Å². The van der Waals surface area contributed by atoms with E-state index in [4.69, 9.17) is 4.74 Å². The van der Waals surface area contributed by atoms with Gasteiger partial charge in [-0.05, 0) is 61.3 Å². The van der Waals surface area contributed by atoms with Crippen molar-refractivity contribution in [3.05, 3.63) is 71.3 Å². The lowest BCUT2D eigenvalue weighted by molar-refractivity contribution is -0.135. The Hall–Kier alpha value is -4.77. The highest BCUT2D eigenvalue weighted by Crippen LogP contribution is 2.34. The minimum Gasteiger partial charge on any atom is -0.496 e. The monoisotopic (exact) mass is 540 g/mol. The van der Waals surface area contributed by atoms with Gasteiger partial charge in [-0.25, -0.2) is 0 Å². The highest BCUT2D eigenvalue weighted by atomic mass is 16.5. The molecule has 204 valence electrons. The van der Waals surface area contributed by atoms with Crippen molar-refractivity contribution in [3.63, 3.8) is 0 Å². The molecule has 3 aromatic carbocycles. The maximum absolute atomic E-state index is 14.0. The molecule has 0 saturated heterocycles. The van der Waals surface area contributed by atoms with Crippen LogP contribution in [-0.4, -0.2) is 55.7 Å². The number of amides is 4. The summed E-state index contributed by atoms with van der Waals surface area (Å²) in [5.74, 6) is -1.79. The summed E-state index contributed by atoms with van der Waals surface area (Å²) in [7, 11) is 3.26. The number of ether oxygens (including phenoxy) is 1. The van der Waals surface area contributed by atoms with Crippen LogP contribution in [0, 0.1) is 0 Å². The Morgan fingerprint density at radius 3 is 2.62 bits per heavy atom. The van der Waals surface area contributed by atoms with Crippen molar-refractivity contribution in [2.24, 2.45) is 15.2 Å². The van der Waals surface area contributed by atoms with Crippen LogP contribution in [-0.2, 0) is 32.1 Å². The predicted molar refractivity (Wildman–Crippen MR) is 148 cm³/mol. The number of amidine groups is 1. The summed E-state index contributed by atoms with van der Waals surface area (Å²) in [5, 5.41) is 14.6. The van der Waals surface area contributed by atoms with Crippen LogP contribution < -0.4 is 20.3 Å². The van der Waals surface area contributed by atoms with Crippen LogP contribution in [0.4, 0.5) is 5.69 Å². The van der Waals surface area contributed by atoms with Gasteiger partial charge in [0.05, 0.1) is 19.7 Å². The van der Waals surface area contributed by atoms with Crippen LogP contribution in [0.15, 0.2) is 69.8 Å². The molecule has 0 bridgehead atoms. The summed E-state index contributed by atoms with van der Waals surface area (Å²) in [6, 6.07) is 15.6. The summed E-state index contributed by atoms with van der Waals surface area (Å²) in [4.78, 5) is 55.2. The first kappa shape index (κ1) is 26.8. The Bertz CT molecular complexity index is 1600. The zero-order valence-corrected chi connectivity index (χ0v) is 22.3. The van der Waals surface area contributed by atoms with E-state index in [1.54, 1.807) is 38.1 Å². The number of aliphatic imine (C=N–C) groups is 1. The molecule has 11 heteroatoms. The zero-order valence-electron chi connectivity index (χ0n) is 22.3. The Labute approximate surface area is 230 Å². The van der Waals surface area contributed by atoms with E-state index in [1.807, 2.05) is 42.5 Å². The lowest BCUT2D eigenvalue weighted by Gasteiger charge is -2.28. The second-order valence-electron chi connectivity index (χ2n) is 9.59. The third-order valence-corrected chi connectivity index (χ3v) is 7.20. The van der Waals surface area contributed by atoms with Gasteiger partial charge in [0.15, 0.2) is 5.84 Å². The van der Waals surface area contributed by atoms with E-state index in [2.05, 4.69) is 25.9 Å². The number of hydrogen-bond acceptors (Lipinski definition) is 7. The fraction of sp³-hybridized carbons (Fsp3) is 0.276. The van der Waals surface area contributed by atoms with Crippen LogP contribution in [0.25, 0.3) is 10.8 Å². The van der Waals surface area contributed by atoms with Crippen molar-refractivity contribution in [1.29, 1.82) is 0 Å². The van der Waals surface area contributed by atoms with E-state index in [0.717, 1.165) is 27.6 Å². The number of benzene rings is 3. The van der Waals surface area contributed by atoms with Crippen LogP contribution in [0.1, 0.15) is 30.0 Å². The molecule has 2 atom stereocenters. The highest BCUT2D eigenvalue weighted by molar-refractivity contribution is 6.39.